The first-order valence-electron chi connectivity index (χ1n) is 7.77. The molecule has 1 aliphatic rings. The smallest absolute Gasteiger partial charge is 0.336 e. The molecule has 5 nitrogen and oxygen atoms in total. The normalized spacial score (nSPS) is 14.2. The lowest BCUT2D eigenvalue weighted by atomic mass is 10.1. The average molecular weight is 323 g/mol. The van der Waals surface area contributed by atoms with E-state index in [0.717, 1.165) is 29.0 Å². The van der Waals surface area contributed by atoms with Gasteiger partial charge in [0.1, 0.15) is 23.8 Å². The zero-order valence-corrected chi connectivity index (χ0v) is 13.3. The maximum atomic E-state index is 11.6. The summed E-state index contributed by atoms with van der Waals surface area (Å²) in [4.78, 5) is 13.7. The van der Waals surface area contributed by atoms with Crippen molar-refractivity contribution in [3.05, 3.63) is 70.1 Å². The van der Waals surface area contributed by atoms with Crippen LogP contribution in [0.3, 0.4) is 0 Å². The van der Waals surface area contributed by atoms with Crippen molar-refractivity contribution >= 4 is 11.0 Å². The molecule has 0 fully saturated rings. The summed E-state index contributed by atoms with van der Waals surface area (Å²) in [6.07, 6.45) is 0. The highest BCUT2D eigenvalue weighted by molar-refractivity contribution is 5.82. The zero-order valence-electron chi connectivity index (χ0n) is 13.3. The van der Waals surface area contributed by atoms with Crippen molar-refractivity contribution in [2.45, 2.75) is 13.1 Å². The Morgan fingerprint density at radius 2 is 1.88 bits per heavy atom. The summed E-state index contributed by atoms with van der Waals surface area (Å²) in [5.41, 5.74) is 2.36. The summed E-state index contributed by atoms with van der Waals surface area (Å²) >= 11 is 0. The van der Waals surface area contributed by atoms with Gasteiger partial charge < -0.3 is 13.9 Å². The second kappa shape index (κ2) is 6.02. The molecule has 0 N–H and O–H groups in total. The van der Waals surface area contributed by atoms with Crippen LogP contribution < -0.4 is 15.1 Å². The number of hydrogen-bond donors (Lipinski definition) is 0. The highest BCUT2D eigenvalue weighted by Gasteiger charge is 2.21. The quantitative estimate of drug-likeness (QED) is 0.693. The molecule has 3 aromatic rings. The van der Waals surface area contributed by atoms with Crippen molar-refractivity contribution in [2.24, 2.45) is 0 Å². The van der Waals surface area contributed by atoms with Gasteiger partial charge in [0, 0.05) is 24.5 Å². The van der Waals surface area contributed by atoms with Crippen LogP contribution in [0.25, 0.3) is 11.0 Å². The summed E-state index contributed by atoms with van der Waals surface area (Å²) in [5, 5.41) is 0.906. The molecule has 0 bridgehead atoms. The largest absolute Gasteiger partial charge is 0.497 e. The number of methoxy groups -OCH3 is 1. The highest BCUT2D eigenvalue weighted by atomic mass is 16.5. The fourth-order valence-electron chi connectivity index (χ4n) is 2.98. The number of hydrogen-bond acceptors (Lipinski definition) is 5. The Morgan fingerprint density at radius 3 is 2.67 bits per heavy atom. The third-order valence-corrected chi connectivity index (χ3v) is 4.20. The lowest BCUT2D eigenvalue weighted by Crippen LogP contribution is -2.31. The molecule has 5 heteroatoms. The van der Waals surface area contributed by atoms with Crippen LogP contribution in [0.5, 0.6) is 11.5 Å². The second-order valence-electron chi connectivity index (χ2n) is 5.82. The topological polar surface area (TPSA) is 51.9 Å². The third-order valence-electron chi connectivity index (χ3n) is 4.20. The van der Waals surface area contributed by atoms with Crippen molar-refractivity contribution in [1.29, 1.82) is 0 Å². The minimum atomic E-state index is -0.344. The van der Waals surface area contributed by atoms with E-state index in [9.17, 15) is 4.79 Å². The summed E-state index contributed by atoms with van der Waals surface area (Å²) in [6.45, 7) is 1.92. The summed E-state index contributed by atoms with van der Waals surface area (Å²) in [7, 11) is 1.66. The molecule has 122 valence electrons. The lowest BCUT2D eigenvalue weighted by molar-refractivity contribution is 0.0889. The van der Waals surface area contributed by atoms with E-state index in [0.29, 0.717) is 18.9 Å². The highest BCUT2D eigenvalue weighted by Crippen LogP contribution is 2.32. The van der Waals surface area contributed by atoms with E-state index >= 15 is 0 Å². The van der Waals surface area contributed by atoms with Crippen molar-refractivity contribution in [1.82, 2.24) is 4.90 Å². The SMILES string of the molecule is COc1ccc(CN2COc3ccc4ccc(=O)oc4c3C2)cc1. The van der Waals surface area contributed by atoms with Gasteiger partial charge in [-0.15, -0.1) is 0 Å². The number of rotatable bonds is 3. The van der Waals surface area contributed by atoms with E-state index in [1.807, 2.05) is 36.4 Å². The Kier molecular flexibility index (Phi) is 3.70. The molecule has 0 unspecified atom stereocenters. The van der Waals surface area contributed by atoms with Gasteiger partial charge in [-0.2, -0.15) is 0 Å². The maximum Gasteiger partial charge on any atom is 0.336 e. The molecule has 1 aliphatic heterocycles. The molecule has 1 aromatic heterocycles. The van der Waals surface area contributed by atoms with Gasteiger partial charge >= 0.3 is 5.63 Å². The Bertz CT molecular complexity index is 930. The average Bonchev–Trinajstić information content (AvgIpc) is 2.62. The molecule has 24 heavy (non-hydrogen) atoms. The third kappa shape index (κ3) is 2.74. The fraction of sp³-hybridized carbons (Fsp3) is 0.211. The molecular formula is C19H17NO4. The van der Waals surface area contributed by atoms with Gasteiger partial charge in [-0.1, -0.05) is 12.1 Å². The molecular weight excluding hydrogens is 306 g/mol. The molecule has 0 aliphatic carbocycles. The summed E-state index contributed by atoms with van der Waals surface area (Å²) in [6, 6.07) is 15.0. The van der Waals surface area contributed by atoms with Gasteiger partial charge in [0.15, 0.2) is 0 Å². The van der Waals surface area contributed by atoms with Crippen molar-refractivity contribution in [3.8, 4) is 11.5 Å². The van der Waals surface area contributed by atoms with Crippen LogP contribution in [0, 0.1) is 0 Å². The van der Waals surface area contributed by atoms with Gasteiger partial charge in [-0.3, -0.25) is 4.90 Å². The minimum Gasteiger partial charge on any atom is -0.497 e. The molecule has 2 heterocycles. The Hall–Kier alpha value is -2.79. The van der Waals surface area contributed by atoms with Crippen LogP contribution in [0.1, 0.15) is 11.1 Å². The fourth-order valence-corrected chi connectivity index (χ4v) is 2.98. The molecule has 0 radical (unpaired) electrons. The predicted octanol–water partition coefficient (Wildman–Crippen LogP) is 3.15. The minimum absolute atomic E-state index is 0.344. The molecule has 0 saturated heterocycles. The molecule has 4 rings (SSSR count). The number of ether oxygens (including phenoxy) is 2. The molecule has 0 amide bonds. The zero-order chi connectivity index (χ0) is 16.5. The van der Waals surface area contributed by atoms with Gasteiger partial charge in [-0.25, -0.2) is 4.79 Å². The van der Waals surface area contributed by atoms with Crippen LogP contribution in [0.4, 0.5) is 0 Å². The van der Waals surface area contributed by atoms with E-state index in [1.54, 1.807) is 13.2 Å². The Balaban J connectivity index is 1.62. The molecule has 0 atom stereocenters. The van der Waals surface area contributed by atoms with Gasteiger partial charge in [0.2, 0.25) is 0 Å². The second-order valence-corrected chi connectivity index (χ2v) is 5.82. The van der Waals surface area contributed by atoms with Crippen LogP contribution in [-0.2, 0) is 13.1 Å². The summed E-state index contributed by atoms with van der Waals surface area (Å²) < 4.78 is 16.4. The van der Waals surface area contributed by atoms with E-state index in [1.165, 1.54) is 11.6 Å². The standard InChI is InChI=1S/C19H17NO4/c1-22-15-6-2-13(3-7-15)10-20-11-16-17(23-12-20)8-4-14-5-9-18(21)24-19(14)16/h2-9H,10-12H2,1H3. The first-order chi connectivity index (χ1) is 11.7. The number of fused-ring (bicyclic) bond motifs is 3. The first-order valence-corrected chi connectivity index (χ1v) is 7.77. The van der Waals surface area contributed by atoms with E-state index < -0.39 is 0 Å². The lowest BCUT2D eigenvalue weighted by Gasteiger charge is -2.29. The first kappa shape index (κ1) is 14.8. The molecule has 0 spiro atoms. The van der Waals surface area contributed by atoms with Crippen LogP contribution in [0.2, 0.25) is 0 Å². The van der Waals surface area contributed by atoms with E-state index in [-0.39, 0.29) is 5.63 Å². The predicted molar refractivity (Wildman–Crippen MR) is 90.2 cm³/mol. The summed E-state index contributed by atoms with van der Waals surface area (Å²) in [5.74, 6) is 1.62. The van der Waals surface area contributed by atoms with Crippen LogP contribution >= 0.6 is 0 Å². The Morgan fingerprint density at radius 1 is 1.08 bits per heavy atom. The van der Waals surface area contributed by atoms with Crippen molar-refractivity contribution < 1.29 is 13.9 Å². The van der Waals surface area contributed by atoms with Crippen molar-refractivity contribution in [2.75, 3.05) is 13.8 Å². The van der Waals surface area contributed by atoms with Gasteiger partial charge in [0.05, 0.1) is 12.7 Å². The van der Waals surface area contributed by atoms with E-state index in [4.69, 9.17) is 13.9 Å². The molecule has 0 saturated carbocycles. The maximum absolute atomic E-state index is 11.6. The van der Waals surface area contributed by atoms with Crippen LogP contribution in [0.15, 0.2) is 57.7 Å². The van der Waals surface area contributed by atoms with Crippen LogP contribution in [-0.4, -0.2) is 18.7 Å². The number of benzene rings is 2. The van der Waals surface area contributed by atoms with Gasteiger partial charge in [0.25, 0.3) is 0 Å². The van der Waals surface area contributed by atoms with Crippen molar-refractivity contribution in [3.63, 3.8) is 0 Å². The Labute approximate surface area is 139 Å². The van der Waals surface area contributed by atoms with E-state index in [2.05, 4.69) is 4.90 Å². The van der Waals surface area contributed by atoms with Gasteiger partial charge in [-0.05, 0) is 35.9 Å². The number of nitrogens with zero attached hydrogens (tertiary/aromatic N) is 1. The monoisotopic (exact) mass is 323 g/mol. The molecule has 2 aromatic carbocycles.